The molecule has 0 amide bonds. The van der Waals surface area contributed by atoms with Gasteiger partial charge in [-0.1, -0.05) is 23.5 Å². The summed E-state index contributed by atoms with van der Waals surface area (Å²) in [6.45, 7) is 5.82. The Kier molecular flexibility index (Phi) is 4.15. The lowest BCUT2D eigenvalue weighted by Gasteiger charge is -2.17. The minimum absolute atomic E-state index is 0.784. The topological polar surface area (TPSA) is 41.1 Å². The van der Waals surface area contributed by atoms with Crippen molar-refractivity contribution < 1.29 is 0 Å². The first-order chi connectivity index (χ1) is 8.69. The Hall–Kier alpha value is -1.62. The van der Waals surface area contributed by atoms with Crippen molar-refractivity contribution in [2.45, 2.75) is 20.4 Å². The molecule has 0 unspecified atom stereocenters. The standard InChI is InChI=1S/C13H18N4S/c1-4-14-13-16-15-12(18-13)9-17(3)11-7-5-6-10(2)8-11/h5-8H,4,9H2,1-3H3,(H,14,16). The van der Waals surface area contributed by atoms with E-state index in [0.29, 0.717) is 0 Å². The van der Waals surface area contributed by atoms with Gasteiger partial charge in [-0.05, 0) is 31.5 Å². The maximum atomic E-state index is 4.19. The summed E-state index contributed by atoms with van der Waals surface area (Å²) < 4.78 is 0. The highest BCUT2D eigenvalue weighted by Crippen LogP contribution is 2.20. The van der Waals surface area contributed by atoms with Crippen LogP contribution in [0, 0.1) is 6.92 Å². The van der Waals surface area contributed by atoms with Crippen LogP contribution in [0.15, 0.2) is 24.3 Å². The van der Waals surface area contributed by atoms with Crippen molar-refractivity contribution in [2.75, 3.05) is 23.8 Å². The molecule has 5 heteroatoms. The molecule has 0 saturated heterocycles. The van der Waals surface area contributed by atoms with Gasteiger partial charge in [0.05, 0.1) is 6.54 Å². The molecule has 4 nitrogen and oxygen atoms in total. The van der Waals surface area contributed by atoms with E-state index in [4.69, 9.17) is 0 Å². The first kappa shape index (κ1) is 12.8. The second kappa shape index (κ2) is 5.82. The summed E-state index contributed by atoms with van der Waals surface area (Å²) in [6.07, 6.45) is 0. The van der Waals surface area contributed by atoms with Crippen LogP contribution >= 0.6 is 11.3 Å². The number of nitrogens with one attached hydrogen (secondary N) is 1. The van der Waals surface area contributed by atoms with E-state index in [0.717, 1.165) is 23.2 Å². The van der Waals surface area contributed by atoms with Crippen LogP contribution in [-0.2, 0) is 6.54 Å². The first-order valence-electron chi connectivity index (χ1n) is 6.03. The highest BCUT2D eigenvalue weighted by atomic mass is 32.1. The van der Waals surface area contributed by atoms with Gasteiger partial charge < -0.3 is 10.2 Å². The number of hydrogen-bond acceptors (Lipinski definition) is 5. The van der Waals surface area contributed by atoms with Gasteiger partial charge in [0.15, 0.2) is 0 Å². The van der Waals surface area contributed by atoms with Gasteiger partial charge in [0, 0.05) is 19.3 Å². The van der Waals surface area contributed by atoms with Gasteiger partial charge in [-0.3, -0.25) is 0 Å². The predicted octanol–water partition coefficient (Wildman–Crippen LogP) is 2.91. The molecule has 1 aromatic carbocycles. The fourth-order valence-corrected chi connectivity index (χ4v) is 2.56. The Balaban J connectivity index is 2.04. The van der Waals surface area contributed by atoms with E-state index in [1.807, 2.05) is 0 Å². The molecule has 2 rings (SSSR count). The highest BCUT2D eigenvalue weighted by molar-refractivity contribution is 7.15. The summed E-state index contributed by atoms with van der Waals surface area (Å²) in [4.78, 5) is 2.18. The molecule has 0 saturated carbocycles. The first-order valence-corrected chi connectivity index (χ1v) is 6.84. The van der Waals surface area contributed by atoms with Gasteiger partial charge in [0.25, 0.3) is 0 Å². The van der Waals surface area contributed by atoms with Crippen molar-refractivity contribution in [1.82, 2.24) is 10.2 Å². The summed E-state index contributed by atoms with van der Waals surface area (Å²) in [5.41, 5.74) is 2.47. The van der Waals surface area contributed by atoms with Gasteiger partial charge in [0.1, 0.15) is 5.01 Å². The van der Waals surface area contributed by atoms with Crippen molar-refractivity contribution in [3.63, 3.8) is 0 Å². The number of hydrogen-bond donors (Lipinski definition) is 1. The number of nitrogens with zero attached hydrogens (tertiary/aromatic N) is 3. The van der Waals surface area contributed by atoms with Crippen LogP contribution < -0.4 is 10.2 Å². The third-order valence-corrected chi connectivity index (χ3v) is 3.48. The van der Waals surface area contributed by atoms with Gasteiger partial charge in [-0.15, -0.1) is 10.2 Å². The van der Waals surface area contributed by atoms with Crippen molar-refractivity contribution >= 4 is 22.2 Å². The van der Waals surface area contributed by atoms with Crippen molar-refractivity contribution in [1.29, 1.82) is 0 Å². The molecule has 0 spiro atoms. The lowest BCUT2D eigenvalue weighted by atomic mass is 10.2. The van der Waals surface area contributed by atoms with Crippen LogP contribution in [0.2, 0.25) is 0 Å². The molecule has 2 aromatic rings. The Labute approximate surface area is 112 Å². The summed E-state index contributed by atoms with van der Waals surface area (Å²) >= 11 is 1.61. The van der Waals surface area contributed by atoms with Crippen LogP contribution in [-0.4, -0.2) is 23.8 Å². The summed E-state index contributed by atoms with van der Waals surface area (Å²) in [6, 6.07) is 8.46. The average molecular weight is 262 g/mol. The zero-order valence-corrected chi connectivity index (χ0v) is 11.8. The van der Waals surface area contributed by atoms with Crippen molar-refractivity contribution in [2.24, 2.45) is 0 Å². The summed E-state index contributed by atoms with van der Waals surface area (Å²) in [5, 5.41) is 13.4. The molecule has 96 valence electrons. The molecule has 0 fully saturated rings. The maximum Gasteiger partial charge on any atom is 0.205 e. The molecule has 0 aliphatic heterocycles. The van der Waals surface area contributed by atoms with Gasteiger partial charge >= 0.3 is 0 Å². The molecular formula is C13H18N4S. The molecule has 1 N–H and O–H groups in total. The van der Waals surface area contributed by atoms with E-state index < -0.39 is 0 Å². The van der Waals surface area contributed by atoms with E-state index >= 15 is 0 Å². The van der Waals surface area contributed by atoms with Crippen molar-refractivity contribution in [3.05, 3.63) is 34.8 Å². The lowest BCUT2D eigenvalue weighted by Crippen LogP contribution is -2.16. The van der Waals surface area contributed by atoms with Crippen LogP contribution in [0.3, 0.4) is 0 Å². The fourth-order valence-electron chi connectivity index (χ4n) is 1.70. The van der Waals surface area contributed by atoms with Crippen LogP contribution in [0.4, 0.5) is 10.8 Å². The van der Waals surface area contributed by atoms with Gasteiger partial charge in [-0.25, -0.2) is 0 Å². The SMILES string of the molecule is CCNc1nnc(CN(C)c2cccc(C)c2)s1. The zero-order chi connectivity index (χ0) is 13.0. The number of aryl methyl sites for hydroxylation is 1. The quantitative estimate of drug-likeness (QED) is 0.899. The van der Waals surface area contributed by atoms with E-state index in [-0.39, 0.29) is 0 Å². The Morgan fingerprint density at radius 1 is 1.33 bits per heavy atom. The van der Waals surface area contributed by atoms with E-state index in [1.54, 1.807) is 11.3 Å². The molecule has 1 heterocycles. The largest absolute Gasteiger partial charge is 0.368 e. The fraction of sp³-hybridized carbons (Fsp3) is 0.385. The summed E-state index contributed by atoms with van der Waals surface area (Å²) in [5.74, 6) is 0. The number of rotatable bonds is 5. The van der Waals surface area contributed by atoms with E-state index in [2.05, 4.69) is 65.6 Å². The highest BCUT2D eigenvalue weighted by Gasteiger charge is 2.07. The second-order valence-corrected chi connectivity index (χ2v) is 5.29. The molecule has 0 aliphatic carbocycles. The predicted molar refractivity (Wildman–Crippen MR) is 77.4 cm³/mol. The lowest BCUT2D eigenvalue weighted by molar-refractivity contribution is 0.879. The molecule has 0 atom stereocenters. The van der Waals surface area contributed by atoms with Crippen LogP contribution in [0.1, 0.15) is 17.5 Å². The third-order valence-electron chi connectivity index (χ3n) is 2.61. The van der Waals surface area contributed by atoms with Crippen molar-refractivity contribution in [3.8, 4) is 0 Å². The number of anilines is 2. The number of benzene rings is 1. The maximum absolute atomic E-state index is 4.19. The Morgan fingerprint density at radius 3 is 2.89 bits per heavy atom. The Bertz CT molecular complexity index is 509. The smallest absolute Gasteiger partial charge is 0.205 e. The normalized spacial score (nSPS) is 10.4. The average Bonchev–Trinajstić information content (AvgIpc) is 2.77. The summed E-state index contributed by atoms with van der Waals surface area (Å²) in [7, 11) is 2.07. The molecule has 18 heavy (non-hydrogen) atoms. The molecule has 0 radical (unpaired) electrons. The molecular weight excluding hydrogens is 244 g/mol. The van der Waals surface area contributed by atoms with Gasteiger partial charge in [0.2, 0.25) is 5.13 Å². The molecule has 1 aromatic heterocycles. The Morgan fingerprint density at radius 2 is 2.17 bits per heavy atom. The number of aromatic nitrogens is 2. The monoisotopic (exact) mass is 262 g/mol. The van der Waals surface area contributed by atoms with E-state index in [9.17, 15) is 0 Å². The molecule has 0 bridgehead atoms. The zero-order valence-electron chi connectivity index (χ0n) is 11.0. The minimum Gasteiger partial charge on any atom is -0.368 e. The van der Waals surface area contributed by atoms with Crippen LogP contribution in [0.5, 0.6) is 0 Å². The van der Waals surface area contributed by atoms with E-state index in [1.165, 1.54) is 11.3 Å². The van der Waals surface area contributed by atoms with Crippen LogP contribution in [0.25, 0.3) is 0 Å². The molecule has 0 aliphatic rings. The minimum atomic E-state index is 0.784. The second-order valence-electron chi connectivity index (χ2n) is 4.23. The van der Waals surface area contributed by atoms with Gasteiger partial charge in [-0.2, -0.15) is 0 Å². The third kappa shape index (κ3) is 3.20.